The van der Waals surface area contributed by atoms with Gasteiger partial charge in [-0.15, -0.1) is 0 Å². The first kappa shape index (κ1) is 16.3. The Morgan fingerprint density at radius 1 is 1.17 bits per heavy atom. The maximum Gasteiger partial charge on any atom is 0.287 e. The third-order valence-corrected chi connectivity index (χ3v) is 4.78. The smallest absolute Gasteiger partial charge is 0.287 e. The molecule has 5 nitrogen and oxygen atoms in total. The van der Waals surface area contributed by atoms with Crippen LogP contribution in [0.2, 0.25) is 0 Å². The van der Waals surface area contributed by atoms with E-state index in [1.807, 2.05) is 18.2 Å². The van der Waals surface area contributed by atoms with Gasteiger partial charge in [0.1, 0.15) is 6.04 Å². The van der Waals surface area contributed by atoms with E-state index < -0.39 is 6.04 Å². The van der Waals surface area contributed by atoms with Crippen molar-refractivity contribution < 1.29 is 14.0 Å². The van der Waals surface area contributed by atoms with Crippen LogP contribution < -0.4 is 10.6 Å². The summed E-state index contributed by atoms with van der Waals surface area (Å²) in [5.74, 6) is -0.365. The fourth-order valence-corrected chi connectivity index (χ4v) is 3.11. The Hall–Kier alpha value is -2.56. The van der Waals surface area contributed by atoms with Crippen molar-refractivity contribution >= 4 is 11.8 Å². The lowest BCUT2D eigenvalue weighted by Crippen LogP contribution is -2.51. The van der Waals surface area contributed by atoms with Gasteiger partial charge < -0.3 is 15.1 Å². The Morgan fingerprint density at radius 3 is 2.50 bits per heavy atom. The van der Waals surface area contributed by atoms with Gasteiger partial charge in [0.25, 0.3) is 5.91 Å². The molecule has 1 unspecified atom stereocenters. The number of hydrogen-bond acceptors (Lipinski definition) is 3. The number of nitrogens with one attached hydrogen (secondary N) is 2. The minimum Gasteiger partial charge on any atom is -0.459 e. The first-order valence-electron chi connectivity index (χ1n) is 8.28. The second-order valence-electron chi connectivity index (χ2n) is 6.39. The first-order chi connectivity index (χ1) is 11.6. The number of amides is 2. The van der Waals surface area contributed by atoms with Crippen LogP contribution in [-0.4, -0.2) is 24.4 Å². The average molecular weight is 326 g/mol. The molecule has 1 saturated carbocycles. The molecule has 1 aromatic carbocycles. The van der Waals surface area contributed by atoms with Crippen molar-refractivity contribution in [2.24, 2.45) is 0 Å². The second-order valence-corrected chi connectivity index (χ2v) is 6.39. The molecule has 1 aromatic heterocycles. The Kier molecular flexibility index (Phi) is 4.69. The van der Waals surface area contributed by atoms with Crippen LogP contribution in [0, 0.1) is 0 Å². The van der Waals surface area contributed by atoms with Crippen molar-refractivity contribution in [1.82, 2.24) is 10.6 Å². The molecule has 1 aliphatic rings. The van der Waals surface area contributed by atoms with Gasteiger partial charge in [-0.05, 0) is 37.5 Å². The van der Waals surface area contributed by atoms with Gasteiger partial charge in [-0.2, -0.15) is 0 Å². The Morgan fingerprint density at radius 2 is 1.92 bits per heavy atom. The molecule has 2 amide bonds. The fraction of sp³-hybridized carbons (Fsp3) is 0.368. The summed E-state index contributed by atoms with van der Waals surface area (Å²) in [6.45, 7) is 2.27. The van der Waals surface area contributed by atoms with Crippen molar-refractivity contribution in [1.29, 1.82) is 0 Å². The molecule has 126 valence electrons. The minimum absolute atomic E-state index is 0.0294. The standard InChI is InChI=1S/C19H22N2O3/c1-14(21-18(23)16-9-5-12-24-16)17(22)20-13-19(10-6-11-19)15-7-3-2-4-8-15/h2-5,7-9,12,14H,6,10-11,13H2,1H3,(H,20,22)(H,21,23). The van der Waals surface area contributed by atoms with Crippen molar-refractivity contribution in [3.05, 3.63) is 60.1 Å². The van der Waals surface area contributed by atoms with Crippen molar-refractivity contribution in [3.63, 3.8) is 0 Å². The number of hydrogen-bond donors (Lipinski definition) is 2. The summed E-state index contributed by atoms with van der Waals surface area (Å²) < 4.78 is 5.03. The molecule has 1 heterocycles. The average Bonchev–Trinajstić information content (AvgIpc) is 3.09. The summed E-state index contributed by atoms with van der Waals surface area (Å²) in [5.41, 5.74) is 1.30. The number of rotatable bonds is 6. The predicted octanol–water partition coefficient (Wildman–Crippen LogP) is 2.64. The van der Waals surface area contributed by atoms with Crippen LogP contribution in [0.3, 0.4) is 0 Å². The number of carbonyl (C=O) groups excluding carboxylic acids is 2. The molecular formula is C19H22N2O3. The maximum absolute atomic E-state index is 12.3. The zero-order valence-corrected chi connectivity index (χ0v) is 13.7. The van der Waals surface area contributed by atoms with E-state index >= 15 is 0 Å². The first-order valence-corrected chi connectivity index (χ1v) is 8.28. The normalized spacial score (nSPS) is 16.7. The van der Waals surface area contributed by atoms with E-state index in [1.54, 1.807) is 19.1 Å². The molecule has 3 rings (SSSR count). The van der Waals surface area contributed by atoms with Crippen molar-refractivity contribution in [3.8, 4) is 0 Å². The highest BCUT2D eigenvalue weighted by molar-refractivity contribution is 5.95. The van der Waals surface area contributed by atoms with Crippen molar-refractivity contribution in [2.45, 2.75) is 37.6 Å². The highest BCUT2D eigenvalue weighted by Crippen LogP contribution is 2.43. The van der Waals surface area contributed by atoms with Gasteiger partial charge >= 0.3 is 0 Å². The van der Waals surface area contributed by atoms with Gasteiger partial charge in [0.05, 0.1) is 6.26 Å². The van der Waals surface area contributed by atoms with Gasteiger partial charge in [0.15, 0.2) is 5.76 Å². The molecule has 0 bridgehead atoms. The Labute approximate surface area is 141 Å². The zero-order chi connectivity index (χ0) is 17.0. The number of furan rings is 1. The molecule has 0 saturated heterocycles. The van der Waals surface area contributed by atoms with E-state index in [0.29, 0.717) is 6.54 Å². The van der Waals surface area contributed by atoms with Gasteiger partial charge in [-0.3, -0.25) is 9.59 Å². The van der Waals surface area contributed by atoms with Crippen LogP contribution in [0.15, 0.2) is 53.1 Å². The van der Waals surface area contributed by atoms with E-state index in [9.17, 15) is 9.59 Å². The maximum atomic E-state index is 12.3. The van der Waals surface area contributed by atoms with E-state index in [2.05, 4.69) is 22.8 Å². The van der Waals surface area contributed by atoms with Gasteiger partial charge in [-0.1, -0.05) is 36.8 Å². The lowest BCUT2D eigenvalue weighted by molar-refractivity contribution is -0.123. The van der Waals surface area contributed by atoms with E-state index in [0.717, 1.165) is 12.8 Å². The van der Waals surface area contributed by atoms with Crippen LogP contribution in [-0.2, 0) is 10.2 Å². The SMILES string of the molecule is CC(NC(=O)c1ccco1)C(=O)NCC1(c2ccccc2)CCC1. The summed E-state index contributed by atoms with van der Waals surface area (Å²) in [6.07, 6.45) is 4.75. The summed E-state index contributed by atoms with van der Waals surface area (Å²) in [5, 5.41) is 5.64. The molecule has 5 heteroatoms. The molecule has 2 aromatic rings. The monoisotopic (exact) mass is 326 g/mol. The number of benzene rings is 1. The van der Waals surface area contributed by atoms with Crippen molar-refractivity contribution in [2.75, 3.05) is 6.54 Å². The van der Waals surface area contributed by atoms with Crippen LogP contribution in [0.4, 0.5) is 0 Å². The molecule has 2 N–H and O–H groups in total. The van der Waals surface area contributed by atoms with Crippen LogP contribution >= 0.6 is 0 Å². The highest BCUT2D eigenvalue weighted by atomic mass is 16.3. The van der Waals surface area contributed by atoms with Crippen LogP contribution in [0.5, 0.6) is 0 Å². The lowest BCUT2D eigenvalue weighted by atomic mass is 9.64. The second kappa shape index (κ2) is 6.91. The van der Waals surface area contributed by atoms with Gasteiger partial charge in [0.2, 0.25) is 5.91 Å². The molecular weight excluding hydrogens is 304 g/mol. The quantitative estimate of drug-likeness (QED) is 0.857. The fourth-order valence-electron chi connectivity index (χ4n) is 3.11. The largest absolute Gasteiger partial charge is 0.459 e. The van der Waals surface area contributed by atoms with E-state index in [-0.39, 0.29) is 23.0 Å². The third kappa shape index (κ3) is 3.35. The molecule has 24 heavy (non-hydrogen) atoms. The molecule has 1 aliphatic carbocycles. The zero-order valence-electron chi connectivity index (χ0n) is 13.7. The molecule has 0 radical (unpaired) electrons. The Bertz CT molecular complexity index is 691. The third-order valence-electron chi connectivity index (χ3n) is 4.78. The lowest BCUT2D eigenvalue weighted by Gasteiger charge is -2.42. The van der Waals surface area contributed by atoms with Crippen LogP contribution in [0.25, 0.3) is 0 Å². The van der Waals surface area contributed by atoms with Crippen LogP contribution in [0.1, 0.15) is 42.3 Å². The topological polar surface area (TPSA) is 71.3 Å². The minimum atomic E-state index is -0.615. The van der Waals surface area contributed by atoms with Gasteiger partial charge in [-0.25, -0.2) is 0 Å². The number of carbonyl (C=O) groups is 2. The van der Waals surface area contributed by atoms with E-state index in [1.165, 1.54) is 18.2 Å². The molecule has 1 atom stereocenters. The Balaban J connectivity index is 1.55. The summed E-state index contributed by atoms with van der Waals surface area (Å²) >= 11 is 0. The summed E-state index contributed by atoms with van der Waals surface area (Å²) in [6, 6.07) is 12.9. The molecule has 1 fully saturated rings. The predicted molar refractivity (Wildman–Crippen MR) is 90.6 cm³/mol. The summed E-state index contributed by atoms with van der Waals surface area (Å²) in [4.78, 5) is 24.2. The molecule has 0 spiro atoms. The summed E-state index contributed by atoms with van der Waals surface area (Å²) in [7, 11) is 0. The highest BCUT2D eigenvalue weighted by Gasteiger charge is 2.39. The van der Waals surface area contributed by atoms with Gasteiger partial charge in [0, 0.05) is 12.0 Å². The van der Waals surface area contributed by atoms with E-state index in [4.69, 9.17) is 4.42 Å². The molecule has 0 aliphatic heterocycles.